The SMILES string of the molecule is CC(=O)c1ccc(Oc2cc(Cl)cc(Cl)c2)cc1. The third kappa shape index (κ3) is 3.25. The molecule has 0 fully saturated rings. The highest BCUT2D eigenvalue weighted by Crippen LogP contribution is 2.28. The molecule has 0 bridgehead atoms. The maximum atomic E-state index is 11.1. The molecule has 0 saturated heterocycles. The molecule has 0 atom stereocenters. The molecule has 92 valence electrons. The Hall–Kier alpha value is -1.51. The van der Waals surface area contributed by atoms with Gasteiger partial charge in [-0.15, -0.1) is 0 Å². The molecule has 18 heavy (non-hydrogen) atoms. The number of ketones is 1. The van der Waals surface area contributed by atoms with Gasteiger partial charge in [-0.05, 0) is 49.4 Å². The summed E-state index contributed by atoms with van der Waals surface area (Å²) in [5.74, 6) is 1.20. The highest BCUT2D eigenvalue weighted by Gasteiger charge is 2.03. The number of hydrogen-bond donors (Lipinski definition) is 0. The molecular formula is C14H10Cl2O2. The molecule has 0 radical (unpaired) electrons. The predicted molar refractivity (Wildman–Crippen MR) is 73.0 cm³/mol. The summed E-state index contributed by atoms with van der Waals surface area (Å²) >= 11 is 11.7. The van der Waals surface area contributed by atoms with Crippen molar-refractivity contribution >= 4 is 29.0 Å². The van der Waals surface area contributed by atoms with Gasteiger partial charge in [0.25, 0.3) is 0 Å². The maximum Gasteiger partial charge on any atom is 0.159 e. The van der Waals surface area contributed by atoms with Crippen molar-refractivity contribution in [3.05, 3.63) is 58.1 Å². The first-order valence-electron chi connectivity index (χ1n) is 5.29. The van der Waals surface area contributed by atoms with E-state index in [9.17, 15) is 4.79 Å². The first-order valence-corrected chi connectivity index (χ1v) is 6.05. The van der Waals surface area contributed by atoms with Crippen molar-refractivity contribution in [2.24, 2.45) is 0 Å². The second-order valence-electron chi connectivity index (χ2n) is 3.79. The summed E-state index contributed by atoms with van der Waals surface area (Å²) in [7, 11) is 0. The molecule has 0 unspecified atom stereocenters. The van der Waals surface area contributed by atoms with Gasteiger partial charge in [0.1, 0.15) is 11.5 Å². The Morgan fingerprint density at radius 3 is 2.00 bits per heavy atom. The topological polar surface area (TPSA) is 26.3 Å². The van der Waals surface area contributed by atoms with Crippen molar-refractivity contribution in [3.63, 3.8) is 0 Å². The lowest BCUT2D eigenvalue weighted by molar-refractivity contribution is 0.101. The van der Waals surface area contributed by atoms with E-state index >= 15 is 0 Å². The Labute approximate surface area is 115 Å². The fourth-order valence-corrected chi connectivity index (χ4v) is 1.99. The number of benzene rings is 2. The Kier molecular flexibility index (Phi) is 3.90. The number of ether oxygens (including phenoxy) is 1. The molecule has 0 heterocycles. The minimum absolute atomic E-state index is 0.0207. The zero-order valence-electron chi connectivity index (χ0n) is 9.61. The normalized spacial score (nSPS) is 10.2. The standard InChI is InChI=1S/C14H10Cl2O2/c1-9(17)10-2-4-13(5-3-10)18-14-7-11(15)6-12(16)8-14/h2-8H,1H3. The Morgan fingerprint density at radius 1 is 0.944 bits per heavy atom. The van der Waals surface area contributed by atoms with E-state index in [-0.39, 0.29) is 5.78 Å². The Morgan fingerprint density at radius 2 is 1.50 bits per heavy atom. The van der Waals surface area contributed by atoms with Gasteiger partial charge in [-0.3, -0.25) is 4.79 Å². The van der Waals surface area contributed by atoms with Gasteiger partial charge in [0.05, 0.1) is 0 Å². The van der Waals surface area contributed by atoms with Crippen LogP contribution < -0.4 is 4.74 Å². The molecular weight excluding hydrogens is 271 g/mol. The van der Waals surface area contributed by atoms with Crippen LogP contribution in [0.1, 0.15) is 17.3 Å². The summed E-state index contributed by atoms with van der Waals surface area (Å²) in [5, 5.41) is 1.02. The Bertz CT molecular complexity index is 557. The molecule has 0 saturated carbocycles. The van der Waals surface area contributed by atoms with Crippen LogP contribution in [0.15, 0.2) is 42.5 Å². The highest BCUT2D eigenvalue weighted by molar-refractivity contribution is 6.34. The monoisotopic (exact) mass is 280 g/mol. The van der Waals surface area contributed by atoms with Crippen LogP contribution in [0.4, 0.5) is 0 Å². The molecule has 4 heteroatoms. The van der Waals surface area contributed by atoms with E-state index in [2.05, 4.69) is 0 Å². The van der Waals surface area contributed by atoms with Crippen LogP contribution >= 0.6 is 23.2 Å². The summed E-state index contributed by atoms with van der Waals surface area (Å²) in [4.78, 5) is 11.1. The summed E-state index contributed by atoms with van der Waals surface area (Å²) in [6, 6.07) is 11.9. The van der Waals surface area contributed by atoms with E-state index in [4.69, 9.17) is 27.9 Å². The van der Waals surface area contributed by atoms with Crippen LogP contribution in [-0.2, 0) is 0 Å². The molecule has 2 nitrogen and oxygen atoms in total. The first kappa shape index (κ1) is 12.9. The molecule has 0 aliphatic rings. The van der Waals surface area contributed by atoms with Gasteiger partial charge in [-0.25, -0.2) is 0 Å². The zero-order valence-corrected chi connectivity index (χ0v) is 11.1. The lowest BCUT2D eigenvalue weighted by atomic mass is 10.1. The number of hydrogen-bond acceptors (Lipinski definition) is 2. The maximum absolute atomic E-state index is 11.1. The molecule has 0 aliphatic carbocycles. The average Bonchev–Trinajstić information content (AvgIpc) is 2.28. The zero-order chi connectivity index (χ0) is 13.1. The molecule has 0 spiro atoms. The minimum atomic E-state index is 0.0207. The van der Waals surface area contributed by atoms with Gasteiger partial charge in [-0.1, -0.05) is 23.2 Å². The largest absolute Gasteiger partial charge is 0.457 e. The van der Waals surface area contributed by atoms with Gasteiger partial charge >= 0.3 is 0 Å². The van der Waals surface area contributed by atoms with Crippen molar-refractivity contribution in [2.75, 3.05) is 0 Å². The summed E-state index contributed by atoms with van der Waals surface area (Å²) in [6.07, 6.45) is 0. The van der Waals surface area contributed by atoms with E-state index < -0.39 is 0 Å². The lowest BCUT2D eigenvalue weighted by Crippen LogP contribution is -1.91. The Balaban J connectivity index is 2.20. The third-order valence-electron chi connectivity index (χ3n) is 2.33. The number of rotatable bonds is 3. The van der Waals surface area contributed by atoms with Crippen LogP contribution in [0.3, 0.4) is 0 Å². The van der Waals surface area contributed by atoms with Crippen LogP contribution in [0.25, 0.3) is 0 Å². The van der Waals surface area contributed by atoms with Crippen molar-refractivity contribution < 1.29 is 9.53 Å². The van der Waals surface area contributed by atoms with Crippen molar-refractivity contribution in [1.82, 2.24) is 0 Å². The molecule has 2 rings (SSSR count). The van der Waals surface area contributed by atoms with E-state index in [0.29, 0.717) is 27.1 Å². The van der Waals surface area contributed by atoms with Gasteiger partial charge < -0.3 is 4.74 Å². The van der Waals surface area contributed by atoms with Gasteiger partial charge in [0, 0.05) is 15.6 Å². The molecule has 0 aliphatic heterocycles. The van der Waals surface area contributed by atoms with Crippen molar-refractivity contribution in [3.8, 4) is 11.5 Å². The number of halogens is 2. The smallest absolute Gasteiger partial charge is 0.159 e. The minimum Gasteiger partial charge on any atom is -0.457 e. The number of carbonyl (C=O) groups is 1. The summed E-state index contributed by atoms with van der Waals surface area (Å²) in [6.45, 7) is 1.52. The van der Waals surface area contributed by atoms with E-state index in [1.807, 2.05) is 0 Å². The highest BCUT2D eigenvalue weighted by atomic mass is 35.5. The van der Waals surface area contributed by atoms with E-state index in [1.165, 1.54) is 6.92 Å². The lowest BCUT2D eigenvalue weighted by Gasteiger charge is -2.07. The fourth-order valence-electron chi connectivity index (χ4n) is 1.48. The van der Waals surface area contributed by atoms with Gasteiger partial charge in [0.2, 0.25) is 0 Å². The van der Waals surface area contributed by atoms with Crippen LogP contribution in [0.5, 0.6) is 11.5 Å². The second kappa shape index (κ2) is 5.42. The summed E-state index contributed by atoms with van der Waals surface area (Å²) in [5.41, 5.74) is 0.645. The number of Topliss-reactive ketones (excluding diaryl/α,β-unsaturated/α-hetero) is 1. The third-order valence-corrected chi connectivity index (χ3v) is 2.77. The molecule has 2 aromatic carbocycles. The quantitative estimate of drug-likeness (QED) is 0.741. The van der Waals surface area contributed by atoms with Crippen molar-refractivity contribution in [2.45, 2.75) is 6.92 Å². The first-order chi connectivity index (χ1) is 8.54. The molecule has 2 aromatic rings. The fraction of sp³-hybridized carbons (Fsp3) is 0.0714. The van der Waals surface area contributed by atoms with E-state index in [1.54, 1.807) is 42.5 Å². The predicted octanol–water partition coefficient (Wildman–Crippen LogP) is 4.99. The van der Waals surface area contributed by atoms with Gasteiger partial charge in [-0.2, -0.15) is 0 Å². The molecule has 0 aromatic heterocycles. The second-order valence-corrected chi connectivity index (χ2v) is 4.66. The van der Waals surface area contributed by atoms with Crippen LogP contribution in [0, 0.1) is 0 Å². The van der Waals surface area contributed by atoms with E-state index in [0.717, 1.165) is 0 Å². The van der Waals surface area contributed by atoms with Crippen LogP contribution in [-0.4, -0.2) is 5.78 Å². The molecule has 0 N–H and O–H groups in total. The number of carbonyl (C=O) groups excluding carboxylic acids is 1. The van der Waals surface area contributed by atoms with Crippen LogP contribution in [0.2, 0.25) is 10.0 Å². The van der Waals surface area contributed by atoms with Crippen molar-refractivity contribution in [1.29, 1.82) is 0 Å². The van der Waals surface area contributed by atoms with Gasteiger partial charge in [0.15, 0.2) is 5.78 Å². The summed E-state index contributed by atoms with van der Waals surface area (Å²) < 4.78 is 5.59. The molecule has 0 amide bonds. The average molecular weight is 281 g/mol.